The van der Waals surface area contributed by atoms with Crippen molar-refractivity contribution in [2.75, 3.05) is 18.5 Å². The minimum Gasteiger partial charge on any atom is -0.369 e. The highest BCUT2D eigenvalue weighted by Crippen LogP contribution is 2.25. The summed E-state index contributed by atoms with van der Waals surface area (Å²) in [5.74, 6) is 0. The summed E-state index contributed by atoms with van der Waals surface area (Å²) in [6.45, 7) is 2.71. The zero-order valence-corrected chi connectivity index (χ0v) is 7.73. The Hall–Kier alpha value is -1.58. The van der Waals surface area contributed by atoms with Crippen LogP contribution in [0.15, 0.2) is 24.3 Å². The van der Waals surface area contributed by atoms with Gasteiger partial charge in [-0.15, -0.1) is 0 Å². The third kappa shape index (κ3) is 1.96. The standard InChI is InChI=1S/C9H12N2O2/c1-3-10(2)8-6-4-5-7-9(8)11(12)13/h4-7H,3H2,1-2H3. The molecule has 4 nitrogen and oxygen atoms in total. The summed E-state index contributed by atoms with van der Waals surface area (Å²) in [4.78, 5) is 12.1. The molecule has 0 bridgehead atoms. The van der Waals surface area contributed by atoms with Crippen LogP contribution >= 0.6 is 0 Å². The van der Waals surface area contributed by atoms with E-state index in [-0.39, 0.29) is 10.6 Å². The van der Waals surface area contributed by atoms with Crippen molar-refractivity contribution in [2.24, 2.45) is 0 Å². The molecule has 0 saturated carbocycles. The van der Waals surface area contributed by atoms with Crippen LogP contribution in [0, 0.1) is 10.1 Å². The number of hydrogen-bond acceptors (Lipinski definition) is 3. The Morgan fingerprint density at radius 3 is 2.62 bits per heavy atom. The van der Waals surface area contributed by atoms with E-state index in [4.69, 9.17) is 0 Å². The van der Waals surface area contributed by atoms with Gasteiger partial charge in [-0.05, 0) is 13.0 Å². The van der Waals surface area contributed by atoms with Crippen molar-refractivity contribution in [3.8, 4) is 0 Å². The van der Waals surface area contributed by atoms with Gasteiger partial charge in [0.15, 0.2) is 0 Å². The number of para-hydroxylation sites is 2. The number of nitrogens with zero attached hydrogens (tertiary/aromatic N) is 2. The van der Waals surface area contributed by atoms with E-state index in [1.165, 1.54) is 6.07 Å². The number of nitro groups is 1. The van der Waals surface area contributed by atoms with Gasteiger partial charge in [0.2, 0.25) is 0 Å². The first-order valence-electron chi connectivity index (χ1n) is 4.11. The van der Waals surface area contributed by atoms with Gasteiger partial charge in [-0.1, -0.05) is 12.1 Å². The topological polar surface area (TPSA) is 46.4 Å². The first kappa shape index (κ1) is 9.51. The molecule has 0 fully saturated rings. The second-order valence-corrected chi connectivity index (χ2v) is 2.76. The monoisotopic (exact) mass is 180 g/mol. The van der Waals surface area contributed by atoms with Crippen LogP contribution in [-0.4, -0.2) is 18.5 Å². The SMILES string of the molecule is CCN(C)c1ccccc1[N+](=O)[O-]. The van der Waals surface area contributed by atoms with Gasteiger partial charge in [0.25, 0.3) is 5.69 Å². The fourth-order valence-electron chi connectivity index (χ4n) is 1.11. The summed E-state index contributed by atoms with van der Waals surface area (Å²) in [7, 11) is 1.84. The number of nitro benzene ring substituents is 1. The summed E-state index contributed by atoms with van der Waals surface area (Å²) in [5, 5.41) is 10.6. The van der Waals surface area contributed by atoms with Crippen molar-refractivity contribution in [3.63, 3.8) is 0 Å². The van der Waals surface area contributed by atoms with Gasteiger partial charge < -0.3 is 4.90 Å². The third-order valence-electron chi connectivity index (χ3n) is 1.96. The van der Waals surface area contributed by atoms with Crippen LogP contribution in [-0.2, 0) is 0 Å². The molecule has 13 heavy (non-hydrogen) atoms. The Labute approximate surface area is 76.9 Å². The van der Waals surface area contributed by atoms with Crippen molar-refractivity contribution in [1.82, 2.24) is 0 Å². The van der Waals surface area contributed by atoms with E-state index < -0.39 is 0 Å². The fourth-order valence-corrected chi connectivity index (χ4v) is 1.11. The first-order valence-corrected chi connectivity index (χ1v) is 4.11. The lowest BCUT2D eigenvalue weighted by molar-refractivity contribution is -0.384. The molecule has 0 spiro atoms. The Morgan fingerprint density at radius 2 is 2.08 bits per heavy atom. The molecule has 0 atom stereocenters. The number of hydrogen-bond donors (Lipinski definition) is 0. The lowest BCUT2D eigenvalue weighted by Crippen LogP contribution is -2.16. The van der Waals surface area contributed by atoms with Gasteiger partial charge in [0, 0.05) is 19.7 Å². The highest BCUT2D eigenvalue weighted by atomic mass is 16.6. The average Bonchev–Trinajstić information content (AvgIpc) is 2.16. The largest absolute Gasteiger partial charge is 0.369 e. The Bertz CT molecular complexity index is 312. The molecule has 0 unspecified atom stereocenters. The quantitative estimate of drug-likeness (QED) is 0.528. The maximum Gasteiger partial charge on any atom is 0.292 e. The van der Waals surface area contributed by atoms with Crippen molar-refractivity contribution in [3.05, 3.63) is 34.4 Å². The van der Waals surface area contributed by atoms with Gasteiger partial charge >= 0.3 is 0 Å². The van der Waals surface area contributed by atoms with Crippen molar-refractivity contribution >= 4 is 11.4 Å². The molecule has 0 saturated heterocycles. The molecule has 0 heterocycles. The second-order valence-electron chi connectivity index (χ2n) is 2.76. The molecule has 0 aliphatic carbocycles. The summed E-state index contributed by atoms with van der Waals surface area (Å²) in [6.07, 6.45) is 0. The summed E-state index contributed by atoms with van der Waals surface area (Å²) >= 11 is 0. The highest BCUT2D eigenvalue weighted by Gasteiger charge is 2.14. The zero-order chi connectivity index (χ0) is 9.84. The molecule has 1 aromatic carbocycles. The lowest BCUT2D eigenvalue weighted by Gasteiger charge is -2.15. The summed E-state index contributed by atoms with van der Waals surface area (Å²) in [6, 6.07) is 6.74. The third-order valence-corrected chi connectivity index (χ3v) is 1.96. The summed E-state index contributed by atoms with van der Waals surface area (Å²) in [5.41, 5.74) is 0.821. The molecule has 0 radical (unpaired) electrons. The Morgan fingerprint density at radius 1 is 1.46 bits per heavy atom. The van der Waals surface area contributed by atoms with Gasteiger partial charge in [0.05, 0.1) is 4.92 Å². The van der Waals surface area contributed by atoms with Crippen LogP contribution in [0.3, 0.4) is 0 Å². The molecule has 1 aromatic rings. The van der Waals surface area contributed by atoms with Gasteiger partial charge in [-0.2, -0.15) is 0 Å². The van der Waals surface area contributed by atoms with Gasteiger partial charge in [0.1, 0.15) is 5.69 Å². The summed E-state index contributed by atoms with van der Waals surface area (Å²) < 4.78 is 0. The van der Waals surface area contributed by atoms with E-state index in [9.17, 15) is 10.1 Å². The first-order chi connectivity index (χ1) is 6.16. The molecule has 0 aliphatic heterocycles. The smallest absolute Gasteiger partial charge is 0.292 e. The predicted molar refractivity (Wildman–Crippen MR) is 52.0 cm³/mol. The maximum absolute atomic E-state index is 10.6. The number of anilines is 1. The van der Waals surface area contributed by atoms with Crippen LogP contribution in [0.25, 0.3) is 0 Å². The molecule has 0 aromatic heterocycles. The van der Waals surface area contributed by atoms with Crippen molar-refractivity contribution < 1.29 is 4.92 Å². The van der Waals surface area contributed by atoms with Crippen molar-refractivity contribution in [1.29, 1.82) is 0 Å². The predicted octanol–water partition coefficient (Wildman–Crippen LogP) is 2.05. The molecular weight excluding hydrogens is 168 g/mol. The molecule has 0 N–H and O–H groups in total. The van der Waals surface area contributed by atoms with Crippen LogP contribution in [0.4, 0.5) is 11.4 Å². The molecular formula is C9H12N2O2. The molecule has 1 rings (SSSR count). The fraction of sp³-hybridized carbons (Fsp3) is 0.333. The van der Waals surface area contributed by atoms with Crippen LogP contribution < -0.4 is 4.90 Å². The highest BCUT2D eigenvalue weighted by molar-refractivity contribution is 5.62. The second kappa shape index (κ2) is 3.89. The van der Waals surface area contributed by atoms with E-state index >= 15 is 0 Å². The average molecular weight is 180 g/mol. The number of rotatable bonds is 3. The van der Waals surface area contributed by atoms with E-state index in [2.05, 4.69) is 0 Å². The molecule has 0 aliphatic rings. The lowest BCUT2D eigenvalue weighted by atomic mass is 10.2. The minimum absolute atomic E-state index is 0.159. The molecule has 0 amide bonds. The molecule has 70 valence electrons. The minimum atomic E-state index is -0.360. The van der Waals surface area contributed by atoms with E-state index in [1.807, 2.05) is 18.9 Å². The van der Waals surface area contributed by atoms with Gasteiger partial charge in [-0.3, -0.25) is 10.1 Å². The van der Waals surface area contributed by atoms with Crippen LogP contribution in [0.1, 0.15) is 6.92 Å². The van der Waals surface area contributed by atoms with Crippen LogP contribution in [0.5, 0.6) is 0 Å². The number of benzene rings is 1. The van der Waals surface area contributed by atoms with Gasteiger partial charge in [-0.25, -0.2) is 0 Å². The van der Waals surface area contributed by atoms with E-state index in [1.54, 1.807) is 18.2 Å². The Balaban J connectivity index is 3.11. The Kier molecular flexibility index (Phi) is 2.84. The van der Waals surface area contributed by atoms with Crippen molar-refractivity contribution in [2.45, 2.75) is 6.92 Å². The van der Waals surface area contributed by atoms with E-state index in [0.29, 0.717) is 5.69 Å². The normalized spacial score (nSPS) is 9.69. The maximum atomic E-state index is 10.6. The zero-order valence-electron chi connectivity index (χ0n) is 7.73. The van der Waals surface area contributed by atoms with Crippen LogP contribution in [0.2, 0.25) is 0 Å². The molecule has 4 heteroatoms. The van der Waals surface area contributed by atoms with E-state index in [0.717, 1.165) is 6.54 Å².